The third-order valence-corrected chi connectivity index (χ3v) is 3.73. The Morgan fingerprint density at radius 1 is 1.05 bits per heavy atom. The molecule has 0 aliphatic heterocycles. The van der Waals surface area contributed by atoms with Crippen LogP contribution >= 0.6 is 0 Å². The standard InChI is InChI=1S/C17H23NO/c1-12-15(17(2,3)4)11-16(18(12)5)13-7-9-14(19-6)10-8-13/h7-11H,1-6H3. The quantitative estimate of drug-likeness (QED) is 0.782. The van der Waals surface area contributed by atoms with Gasteiger partial charge in [-0.25, -0.2) is 0 Å². The normalized spacial score (nSPS) is 11.7. The highest BCUT2D eigenvalue weighted by molar-refractivity contribution is 5.64. The van der Waals surface area contributed by atoms with Gasteiger partial charge >= 0.3 is 0 Å². The number of aromatic nitrogens is 1. The Hall–Kier alpha value is -1.70. The van der Waals surface area contributed by atoms with Gasteiger partial charge in [-0.15, -0.1) is 0 Å². The summed E-state index contributed by atoms with van der Waals surface area (Å²) in [5.74, 6) is 0.894. The number of hydrogen-bond donors (Lipinski definition) is 0. The van der Waals surface area contributed by atoms with Crippen molar-refractivity contribution in [1.82, 2.24) is 4.57 Å². The van der Waals surface area contributed by atoms with E-state index in [0.717, 1.165) is 5.75 Å². The van der Waals surface area contributed by atoms with E-state index in [2.05, 4.69) is 57.5 Å². The lowest BCUT2D eigenvalue weighted by Crippen LogP contribution is -2.12. The fourth-order valence-electron chi connectivity index (χ4n) is 2.50. The van der Waals surface area contributed by atoms with E-state index in [1.807, 2.05) is 12.1 Å². The summed E-state index contributed by atoms with van der Waals surface area (Å²) in [5.41, 5.74) is 5.39. The van der Waals surface area contributed by atoms with Gasteiger partial charge in [0.2, 0.25) is 0 Å². The number of rotatable bonds is 2. The minimum Gasteiger partial charge on any atom is -0.497 e. The van der Waals surface area contributed by atoms with E-state index >= 15 is 0 Å². The zero-order chi connectivity index (χ0) is 14.2. The predicted octanol–water partition coefficient (Wildman–Crippen LogP) is 4.31. The van der Waals surface area contributed by atoms with Gasteiger partial charge in [-0.3, -0.25) is 0 Å². The molecule has 2 heteroatoms. The van der Waals surface area contributed by atoms with Crippen LogP contribution in [0.25, 0.3) is 11.3 Å². The minimum atomic E-state index is 0.173. The maximum absolute atomic E-state index is 5.21. The van der Waals surface area contributed by atoms with Crippen LogP contribution in [-0.2, 0) is 12.5 Å². The molecule has 0 saturated carbocycles. The molecule has 2 aromatic rings. The van der Waals surface area contributed by atoms with Crippen LogP contribution in [0.4, 0.5) is 0 Å². The lowest BCUT2D eigenvalue weighted by atomic mass is 9.87. The molecule has 102 valence electrons. The van der Waals surface area contributed by atoms with Crippen molar-refractivity contribution in [3.8, 4) is 17.0 Å². The van der Waals surface area contributed by atoms with Gasteiger partial charge in [-0.1, -0.05) is 20.8 Å². The Morgan fingerprint density at radius 3 is 2.05 bits per heavy atom. The van der Waals surface area contributed by atoms with Gasteiger partial charge in [0.25, 0.3) is 0 Å². The zero-order valence-corrected chi connectivity index (χ0v) is 12.7. The van der Waals surface area contributed by atoms with Gasteiger partial charge in [-0.2, -0.15) is 0 Å². The molecule has 0 saturated heterocycles. The molecule has 2 nitrogen and oxygen atoms in total. The first-order valence-corrected chi connectivity index (χ1v) is 6.66. The van der Waals surface area contributed by atoms with Crippen molar-refractivity contribution < 1.29 is 4.74 Å². The maximum atomic E-state index is 5.21. The van der Waals surface area contributed by atoms with Crippen LogP contribution in [0.5, 0.6) is 5.75 Å². The maximum Gasteiger partial charge on any atom is 0.118 e. The second kappa shape index (κ2) is 4.76. The number of hydrogen-bond acceptors (Lipinski definition) is 1. The molecule has 0 fully saturated rings. The van der Waals surface area contributed by atoms with Crippen molar-refractivity contribution in [3.63, 3.8) is 0 Å². The molecule has 19 heavy (non-hydrogen) atoms. The molecule has 0 aliphatic carbocycles. The number of methoxy groups -OCH3 is 1. The van der Waals surface area contributed by atoms with E-state index in [1.165, 1.54) is 22.5 Å². The summed E-state index contributed by atoms with van der Waals surface area (Å²) < 4.78 is 7.48. The van der Waals surface area contributed by atoms with Crippen molar-refractivity contribution in [1.29, 1.82) is 0 Å². The SMILES string of the molecule is COc1ccc(-c2cc(C(C)(C)C)c(C)n2C)cc1. The lowest BCUT2D eigenvalue weighted by Gasteiger charge is -2.18. The molecular weight excluding hydrogens is 234 g/mol. The number of nitrogens with zero attached hydrogens (tertiary/aromatic N) is 1. The summed E-state index contributed by atoms with van der Waals surface area (Å²) in [6, 6.07) is 10.5. The summed E-state index contributed by atoms with van der Waals surface area (Å²) in [6.07, 6.45) is 0. The average molecular weight is 257 g/mol. The summed E-state index contributed by atoms with van der Waals surface area (Å²) in [6.45, 7) is 8.96. The van der Waals surface area contributed by atoms with Gasteiger partial charge in [0.15, 0.2) is 0 Å². The molecule has 0 spiro atoms. The predicted molar refractivity (Wildman–Crippen MR) is 80.8 cm³/mol. The Bertz CT molecular complexity index is 571. The van der Waals surface area contributed by atoms with Crippen molar-refractivity contribution in [2.24, 2.45) is 7.05 Å². The second-order valence-corrected chi connectivity index (χ2v) is 6.07. The highest BCUT2D eigenvalue weighted by Gasteiger charge is 2.21. The fourth-order valence-corrected chi connectivity index (χ4v) is 2.50. The van der Waals surface area contributed by atoms with Crippen LogP contribution in [-0.4, -0.2) is 11.7 Å². The summed E-state index contributed by atoms with van der Waals surface area (Å²) in [7, 11) is 3.82. The first-order chi connectivity index (χ1) is 8.84. The fraction of sp³-hybridized carbons (Fsp3) is 0.412. The highest BCUT2D eigenvalue weighted by atomic mass is 16.5. The molecule has 0 radical (unpaired) electrons. The van der Waals surface area contributed by atoms with Crippen LogP contribution in [0.3, 0.4) is 0 Å². The summed E-state index contributed by atoms with van der Waals surface area (Å²) >= 11 is 0. The van der Waals surface area contributed by atoms with E-state index in [0.29, 0.717) is 0 Å². The van der Waals surface area contributed by atoms with E-state index in [9.17, 15) is 0 Å². The number of ether oxygens (including phenoxy) is 1. The van der Waals surface area contributed by atoms with Crippen LogP contribution in [0.2, 0.25) is 0 Å². The van der Waals surface area contributed by atoms with Gasteiger partial charge in [-0.05, 0) is 53.8 Å². The van der Waals surface area contributed by atoms with E-state index in [4.69, 9.17) is 4.74 Å². The molecule has 0 bridgehead atoms. The Morgan fingerprint density at radius 2 is 1.63 bits per heavy atom. The molecule has 2 rings (SSSR count). The molecule has 1 aromatic heterocycles. The Labute approximate surface area is 116 Å². The van der Waals surface area contributed by atoms with Crippen LogP contribution in [0, 0.1) is 6.92 Å². The smallest absolute Gasteiger partial charge is 0.118 e. The molecule has 0 amide bonds. The summed E-state index contributed by atoms with van der Waals surface area (Å²) in [4.78, 5) is 0. The minimum absolute atomic E-state index is 0.173. The van der Waals surface area contributed by atoms with Crippen molar-refractivity contribution in [3.05, 3.63) is 41.6 Å². The lowest BCUT2D eigenvalue weighted by molar-refractivity contribution is 0.415. The monoisotopic (exact) mass is 257 g/mol. The summed E-state index contributed by atoms with van der Waals surface area (Å²) in [5, 5.41) is 0. The van der Waals surface area contributed by atoms with E-state index in [1.54, 1.807) is 7.11 Å². The van der Waals surface area contributed by atoms with Crippen LogP contribution in [0.15, 0.2) is 30.3 Å². The van der Waals surface area contributed by atoms with Crippen molar-refractivity contribution in [2.45, 2.75) is 33.1 Å². The molecule has 0 aliphatic rings. The Balaban J connectivity index is 2.50. The molecule has 0 N–H and O–H groups in total. The van der Waals surface area contributed by atoms with Gasteiger partial charge in [0.05, 0.1) is 7.11 Å². The molecule has 1 aromatic carbocycles. The van der Waals surface area contributed by atoms with Crippen molar-refractivity contribution >= 4 is 0 Å². The molecule has 0 atom stereocenters. The molecular formula is C17H23NO. The van der Waals surface area contributed by atoms with Crippen LogP contribution in [0.1, 0.15) is 32.0 Å². The average Bonchev–Trinajstić information content (AvgIpc) is 2.66. The largest absolute Gasteiger partial charge is 0.497 e. The second-order valence-electron chi connectivity index (χ2n) is 6.07. The molecule has 0 unspecified atom stereocenters. The highest BCUT2D eigenvalue weighted by Crippen LogP contribution is 2.32. The topological polar surface area (TPSA) is 14.2 Å². The van der Waals surface area contributed by atoms with Crippen molar-refractivity contribution in [2.75, 3.05) is 7.11 Å². The third-order valence-electron chi connectivity index (χ3n) is 3.73. The first kappa shape index (κ1) is 13.7. The van der Waals surface area contributed by atoms with E-state index in [-0.39, 0.29) is 5.41 Å². The van der Waals surface area contributed by atoms with E-state index < -0.39 is 0 Å². The third kappa shape index (κ3) is 2.53. The number of benzene rings is 1. The molecule has 1 heterocycles. The van der Waals surface area contributed by atoms with Gasteiger partial charge < -0.3 is 9.30 Å². The van der Waals surface area contributed by atoms with Crippen LogP contribution < -0.4 is 4.74 Å². The zero-order valence-electron chi connectivity index (χ0n) is 12.7. The first-order valence-electron chi connectivity index (χ1n) is 6.66. The van der Waals surface area contributed by atoms with Gasteiger partial charge in [0.1, 0.15) is 5.75 Å². The Kier molecular flexibility index (Phi) is 3.44. The van der Waals surface area contributed by atoms with Gasteiger partial charge in [0, 0.05) is 18.4 Å².